The third-order valence-electron chi connectivity index (χ3n) is 4.75. The Morgan fingerprint density at radius 3 is 2.69 bits per heavy atom. The molecule has 3 aromatic rings. The molecule has 2 N–H and O–H groups in total. The van der Waals surface area contributed by atoms with Crippen molar-refractivity contribution in [3.63, 3.8) is 0 Å². The van der Waals surface area contributed by atoms with Crippen molar-refractivity contribution in [3.05, 3.63) is 47.0 Å². The van der Waals surface area contributed by atoms with E-state index in [1.54, 1.807) is 6.20 Å². The van der Waals surface area contributed by atoms with Crippen LogP contribution in [0.2, 0.25) is 5.02 Å². The van der Waals surface area contributed by atoms with Gasteiger partial charge in [0.2, 0.25) is 0 Å². The monoisotopic (exact) mass is 393 g/mol. The summed E-state index contributed by atoms with van der Waals surface area (Å²) in [5.74, 6) is 1.25. The average Bonchev–Trinajstić information content (AvgIpc) is 3.19. The highest BCUT2D eigenvalue weighted by atomic mass is 35.5. The van der Waals surface area contributed by atoms with Crippen LogP contribution in [0.3, 0.4) is 0 Å². The summed E-state index contributed by atoms with van der Waals surface area (Å²) in [7, 11) is 0. The minimum absolute atomic E-state index is 0. The number of hydrogen-bond acceptors (Lipinski definition) is 5. The molecule has 1 saturated carbocycles. The van der Waals surface area contributed by atoms with Crippen LogP contribution < -0.4 is 5.73 Å². The zero-order valence-corrected chi connectivity index (χ0v) is 16.2. The van der Waals surface area contributed by atoms with Gasteiger partial charge in [0, 0.05) is 5.02 Å². The fourth-order valence-corrected chi connectivity index (χ4v) is 3.39. The van der Waals surface area contributed by atoms with Gasteiger partial charge in [-0.3, -0.25) is 0 Å². The Labute approximate surface area is 163 Å². The minimum Gasteiger partial charge on any atom is -0.334 e. The molecule has 0 unspecified atom stereocenters. The Kier molecular flexibility index (Phi) is 5.10. The number of nitrogens with zero attached hydrogens (tertiary/aromatic N) is 4. The molecule has 0 bridgehead atoms. The third-order valence-corrected chi connectivity index (χ3v) is 4.99. The van der Waals surface area contributed by atoms with Gasteiger partial charge in [-0.2, -0.15) is 10.1 Å². The SMILES string of the molecule is CC(C)c1c(-c2nc(C3(N)CCC3)no2)cnn1-c1cccc(Cl)c1.Cl. The molecule has 1 aliphatic carbocycles. The highest BCUT2D eigenvalue weighted by molar-refractivity contribution is 6.30. The normalized spacial score (nSPS) is 15.6. The molecule has 0 saturated heterocycles. The van der Waals surface area contributed by atoms with E-state index in [1.807, 2.05) is 28.9 Å². The zero-order valence-electron chi connectivity index (χ0n) is 14.6. The summed E-state index contributed by atoms with van der Waals surface area (Å²) < 4.78 is 7.39. The highest BCUT2D eigenvalue weighted by Crippen LogP contribution is 2.38. The zero-order chi connectivity index (χ0) is 17.6. The molecule has 1 aliphatic rings. The molecule has 0 atom stereocenters. The van der Waals surface area contributed by atoms with E-state index in [1.165, 1.54) is 0 Å². The Bertz CT molecular complexity index is 914. The predicted octanol–water partition coefficient (Wildman–Crippen LogP) is 4.46. The summed E-state index contributed by atoms with van der Waals surface area (Å²) in [4.78, 5) is 4.56. The van der Waals surface area contributed by atoms with Crippen LogP contribution >= 0.6 is 24.0 Å². The summed E-state index contributed by atoms with van der Waals surface area (Å²) in [5, 5.41) is 9.31. The van der Waals surface area contributed by atoms with E-state index < -0.39 is 5.54 Å². The van der Waals surface area contributed by atoms with E-state index in [2.05, 4.69) is 29.1 Å². The second kappa shape index (κ2) is 7.02. The predicted molar refractivity (Wildman–Crippen MR) is 103 cm³/mol. The number of hydrogen-bond donors (Lipinski definition) is 1. The van der Waals surface area contributed by atoms with Gasteiger partial charge in [-0.05, 0) is 43.4 Å². The van der Waals surface area contributed by atoms with Crippen molar-refractivity contribution in [2.45, 2.75) is 44.6 Å². The van der Waals surface area contributed by atoms with Gasteiger partial charge in [0.05, 0.1) is 28.7 Å². The first kappa shape index (κ1) is 18.9. The van der Waals surface area contributed by atoms with Crippen LogP contribution in [-0.4, -0.2) is 19.9 Å². The topological polar surface area (TPSA) is 82.8 Å². The molecule has 2 aromatic heterocycles. The van der Waals surface area contributed by atoms with Gasteiger partial charge in [0.1, 0.15) is 0 Å². The molecule has 138 valence electrons. The number of benzene rings is 1. The van der Waals surface area contributed by atoms with E-state index in [9.17, 15) is 0 Å². The van der Waals surface area contributed by atoms with Crippen LogP contribution in [0.1, 0.15) is 50.5 Å². The van der Waals surface area contributed by atoms with Gasteiger partial charge in [0.25, 0.3) is 5.89 Å². The molecule has 1 fully saturated rings. The first-order valence-electron chi connectivity index (χ1n) is 8.45. The maximum atomic E-state index is 6.31. The minimum atomic E-state index is -0.442. The van der Waals surface area contributed by atoms with Crippen LogP contribution in [0, 0.1) is 0 Å². The van der Waals surface area contributed by atoms with E-state index in [0.29, 0.717) is 16.7 Å². The average molecular weight is 394 g/mol. The van der Waals surface area contributed by atoms with Gasteiger partial charge in [-0.1, -0.05) is 36.7 Å². The number of aromatic nitrogens is 4. The third kappa shape index (κ3) is 3.13. The van der Waals surface area contributed by atoms with Crippen molar-refractivity contribution in [3.8, 4) is 17.1 Å². The van der Waals surface area contributed by atoms with Crippen molar-refractivity contribution >= 4 is 24.0 Å². The fourth-order valence-electron chi connectivity index (χ4n) is 3.21. The summed E-state index contributed by atoms with van der Waals surface area (Å²) in [6, 6.07) is 7.60. The van der Waals surface area contributed by atoms with Gasteiger partial charge >= 0.3 is 0 Å². The lowest BCUT2D eigenvalue weighted by atomic mass is 9.77. The molecule has 2 heterocycles. The molecule has 4 rings (SSSR count). The second-order valence-electron chi connectivity index (χ2n) is 6.92. The van der Waals surface area contributed by atoms with Crippen LogP contribution in [0.5, 0.6) is 0 Å². The summed E-state index contributed by atoms with van der Waals surface area (Å²) >= 11 is 6.13. The summed E-state index contributed by atoms with van der Waals surface area (Å²) in [6.07, 6.45) is 4.65. The summed E-state index contributed by atoms with van der Waals surface area (Å²) in [6.45, 7) is 4.21. The van der Waals surface area contributed by atoms with Crippen LogP contribution in [0.15, 0.2) is 35.0 Å². The smallest absolute Gasteiger partial charge is 0.261 e. The van der Waals surface area contributed by atoms with Crippen molar-refractivity contribution in [1.29, 1.82) is 0 Å². The lowest BCUT2D eigenvalue weighted by Crippen LogP contribution is -2.44. The van der Waals surface area contributed by atoms with E-state index in [-0.39, 0.29) is 18.3 Å². The van der Waals surface area contributed by atoms with Gasteiger partial charge in [-0.15, -0.1) is 12.4 Å². The number of nitrogens with two attached hydrogens (primary N) is 1. The van der Waals surface area contributed by atoms with E-state index >= 15 is 0 Å². The molecule has 26 heavy (non-hydrogen) atoms. The van der Waals surface area contributed by atoms with Gasteiger partial charge in [-0.25, -0.2) is 4.68 Å². The number of halogens is 2. The molecule has 0 amide bonds. The molecular formula is C18H21Cl2N5O. The Balaban J connectivity index is 0.00000196. The molecule has 8 heteroatoms. The molecule has 0 radical (unpaired) electrons. The van der Waals surface area contributed by atoms with Crippen LogP contribution in [0.25, 0.3) is 17.1 Å². The molecule has 6 nitrogen and oxygen atoms in total. The van der Waals surface area contributed by atoms with Crippen molar-refractivity contribution < 1.29 is 4.52 Å². The van der Waals surface area contributed by atoms with Crippen molar-refractivity contribution in [2.75, 3.05) is 0 Å². The summed E-state index contributed by atoms with van der Waals surface area (Å²) in [5.41, 5.74) is 8.59. The quantitative estimate of drug-likeness (QED) is 0.707. The first-order chi connectivity index (χ1) is 12.0. The molecule has 0 spiro atoms. The maximum absolute atomic E-state index is 6.31. The Morgan fingerprint density at radius 1 is 1.31 bits per heavy atom. The largest absolute Gasteiger partial charge is 0.334 e. The molecule has 0 aliphatic heterocycles. The van der Waals surface area contributed by atoms with E-state index in [0.717, 1.165) is 36.2 Å². The van der Waals surface area contributed by atoms with Crippen molar-refractivity contribution in [1.82, 2.24) is 19.9 Å². The van der Waals surface area contributed by atoms with Crippen LogP contribution in [0.4, 0.5) is 0 Å². The Morgan fingerprint density at radius 2 is 2.08 bits per heavy atom. The van der Waals surface area contributed by atoms with Crippen LogP contribution in [-0.2, 0) is 5.54 Å². The standard InChI is InChI=1S/C18H20ClN5O.ClH/c1-11(2)15-14(10-21-24(15)13-6-3-5-12(19)9-13)16-22-17(23-25-16)18(20)7-4-8-18;/h3,5-6,9-11H,4,7-8,20H2,1-2H3;1H. The highest BCUT2D eigenvalue weighted by Gasteiger charge is 2.39. The lowest BCUT2D eigenvalue weighted by molar-refractivity contribution is 0.229. The Hall–Kier alpha value is -1.89. The van der Waals surface area contributed by atoms with Gasteiger partial charge in [0.15, 0.2) is 5.82 Å². The molecule has 1 aromatic carbocycles. The van der Waals surface area contributed by atoms with Gasteiger partial charge < -0.3 is 10.3 Å². The maximum Gasteiger partial charge on any atom is 0.261 e. The fraction of sp³-hybridized carbons (Fsp3) is 0.389. The number of rotatable bonds is 4. The molecular weight excluding hydrogens is 373 g/mol. The van der Waals surface area contributed by atoms with Crippen molar-refractivity contribution in [2.24, 2.45) is 5.73 Å². The lowest BCUT2D eigenvalue weighted by Gasteiger charge is -2.34. The van der Waals surface area contributed by atoms with E-state index in [4.69, 9.17) is 21.9 Å². The first-order valence-corrected chi connectivity index (χ1v) is 8.83. The second-order valence-corrected chi connectivity index (χ2v) is 7.36.